The van der Waals surface area contributed by atoms with Crippen LogP contribution in [0.5, 0.6) is 5.75 Å². The molecule has 156 valence electrons. The highest BCUT2D eigenvalue weighted by atomic mass is 32.2. The summed E-state index contributed by atoms with van der Waals surface area (Å²) in [6.45, 7) is 4.66. The number of rotatable bonds is 7. The summed E-state index contributed by atoms with van der Waals surface area (Å²) in [6.07, 6.45) is 1.80. The summed E-state index contributed by atoms with van der Waals surface area (Å²) in [6, 6.07) is 17.2. The van der Waals surface area contributed by atoms with E-state index in [1.807, 2.05) is 66.2 Å². The third-order valence-corrected chi connectivity index (χ3v) is 6.04. The zero-order valence-corrected chi connectivity index (χ0v) is 17.9. The largest absolute Gasteiger partial charge is 0.494 e. The van der Waals surface area contributed by atoms with E-state index in [2.05, 4.69) is 27.9 Å². The molecular formula is C22H25N5O2S. The lowest BCUT2D eigenvalue weighted by molar-refractivity contribution is -0.116. The Morgan fingerprint density at radius 2 is 1.90 bits per heavy atom. The van der Waals surface area contributed by atoms with Crippen LogP contribution in [0.25, 0.3) is 0 Å². The number of hydrogen-bond donors (Lipinski definition) is 2. The van der Waals surface area contributed by atoms with Crippen LogP contribution in [0, 0.1) is 0 Å². The van der Waals surface area contributed by atoms with Crippen LogP contribution >= 0.6 is 11.8 Å². The Balaban J connectivity index is 1.59. The molecule has 0 saturated carbocycles. The summed E-state index contributed by atoms with van der Waals surface area (Å²) in [7, 11) is 0. The van der Waals surface area contributed by atoms with Crippen molar-refractivity contribution in [2.45, 2.75) is 43.1 Å². The van der Waals surface area contributed by atoms with Gasteiger partial charge >= 0.3 is 0 Å². The molecule has 0 fully saturated rings. The Bertz CT molecular complexity index is 991. The number of hydrogen-bond acceptors (Lipinski definition) is 6. The smallest absolute Gasteiger partial charge is 0.240 e. The first-order chi connectivity index (χ1) is 14.7. The molecule has 2 aromatic carbocycles. The maximum Gasteiger partial charge on any atom is 0.240 e. The molecule has 0 aliphatic carbocycles. The quantitative estimate of drug-likeness (QED) is 0.597. The number of thioether (sulfide) groups is 1. The molecule has 2 N–H and O–H groups in total. The van der Waals surface area contributed by atoms with E-state index in [9.17, 15) is 4.79 Å². The molecule has 0 radical (unpaired) electrons. The van der Waals surface area contributed by atoms with Crippen molar-refractivity contribution in [1.82, 2.24) is 14.9 Å². The fourth-order valence-corrected chi connectivity index (χ4v) is 4.51. The molecular weight excluding hydrogens is 398 g/mol. The van der Waals surface area contributed by atoms with E-state index in [0.29, 0.717) is 11.8 Å². The number of aromatic nitrogens is 3. The maximum atomic E-state index is 13.2. The molecule has 1 amide bonds. The fourth-order valence-electron chi connectivity index (χ4n) is 3.41. The number of fused-ring (bicyclic) bond motifs is 1. The predicted octanol–water partition coefficient (Wildman–Crippen LogP) is 4.03. The lowest BCUT2D eigenvalue weighted by atomic mass is 10.0. The summed E-state index contributed by atoms with van der Waals surface area (Å²) in [5.41, 5.74) is 5.25. The third-order valence-electron chi connectivity index (χ3n) is 4.83. The van der Waals surface area contributed by atoms with E-state index in [0.717, 1.165) is 35.7 Å². The van der Waals surface area contributed by atoms with Crippen molar-refractivity contribution in [1.29, 1.82) is 0 Å². The molecule has 4 rings (SSSR count). The normalized spacial score (nSPS) is 17.7. The van der Waals surface area contributed by atoms with Crippen molar-refractivity contribution in [3.63, 3.8) is 0 Å². The SMILES string of the molecule is CCCc1nnc2n1N[C@@H](c1ccccc1)[C@@H](C(=O)Nc1ccc(OCC)cc1)S2. The summed E-state index contributed by atoms with van der Waals surface area (Å²) < 4.78 is 7.40. The van der Waals surface area contributed by atoms with E-state index in [1.54, 1.807) is 0 Å². The van der Waals surface area contributed by atoms with Gasteiger partial charge in [0.2, 0.25) is 11.1 Å². The predicted molar refractivity (Wildman–Crippen MR) is 118 cm³/mol. The monoisotopic (exact) mass is 423 g/mol. The van der Waals surface area contributed by atoms with Gasteiger partial charge in [-0.25, -0.2) is 4.68 Å². The average molecular weight is 424 g/mol. The van der Waals surface area contributed by atoms with Crippen molar-refractivity contribution in [3.05, 3.63) is 66.0 Å². The van der Waals surface area contributed by atoms with Gasteiger partial charge < -0.3 is 15.5 Å². The number of anilines is 1. The first-order valence-corrected chi connectivity index (χ1v) is 11.0. The van der Waals surface area contributed by atoms with Crippen LogP contribution < -0.4 is 15.5 Å². The molecule has 1 aliphatic rings. The summed E-state index contributed by atoms with van der Waals surface area (Å²) in [4.78, 5) is 13.2. The van der Waals surface area contributed by atoms with E-state index in [4.69, 9.17) is 4.74 Å². The molecule has 0 saturated heterocycles. The van der Waals surface area contributed by atoms with Gasteiger partial charge in [0, 0.05) is 12.1 Å². The number of carbonyl (C=O) groups is 1. The number of amides is 1. The molecule has 3 aromatic rings. The first-order valence-electron chi connectivity index (χ1n) is 10.2. The Morgan fingerprint density at radius 3 is 2.60 bits per heavy atom. The first kappa shape index (κ1) is 20.3. The van der Waals surface area contributed by atoms with E-state index in [1.165, 1.54) is 11.8 Å². The van der Waals surface area contributed by atoms with Gasteiger partial charge in [0.25, 0.3) is 0 Å². The van der Waals surface area contributed by atoms with Crippen LogP contribution in [0.2, 0.25) is 0 Å². The molecule has 1 aliphatic heterocycles. The van der Waals surface area contributed by atoms with Gasteiger partial charge in [0.05, 0.1) is 12.6 Å². The minimum absolute atomic E-state index is 0.0863. The van der Waals surface area contributed by atoms with Gasteiger partial charge in [-0.3, -0.25) is 4.79 Å². The Kier molecular flexibility index (Phi) is 6.23. The topological polar surface area (TPSA) is 81.1 Å². The van der Waals surface area contributed by atoms with Crippen LogP contribution in [-0.4, -0.2) is 32.6 Å². The van der Waals surface area contributed by atoms with Crippen molar-refractivity contribution in [2.75, 3.05) is 17.3 Å². The zero-order valence-electron chi connectivity index (χ0n) is 17.0. The van der Waals surface area contributed by atoms with Crippen LogP contribution in [0.4, 0.5) is 5.69 Å². The standard InChI is InChI=1S/C22H25N5O2S/c1-3-8-18-24-25-22-27(18)26-19(15-9-6-5-7-10-15)20(30-22)21(28)23-16-11-13-17(14-12-16)29-4-2/h5-7,9-14,19-20,26H,3-4,8H2,1-2H3,(H,23,28)/t19-,20-/m0/s1. The van der Waals surface area contributed by atoms with Crippen molar-refractivity contribution >= 4 is 23.4 Å². The van der Waals surface area contributed by atoms with Crippen LogP contribution in [0.3, 0.4) is 0 Å². The van der Waals surface area contributed by atoms with Crippen molar-refractivity contribution < 1.29 is 9.53 Å². The van der Waals surface area contributed by atoms with Gasteiger partial charge in [-0.05, 0) is 43.2 Å². The molecule has 2 heterocycles. The number of benzene rings is 2. The number of aryl methyl sites for hydroxylation is 1. The third kappa shape index (κ3) is 4.28. The average Bonchev–Trinajstić information content (AvgIpc) is 3.17. The molecule has 8 heteroatoms. The second-order valence-electron chi connectivity index (χ2n) is 6.99. The summed E-state index contributed by atoms with van der Waals surface area (Å²) >= 11 is 1.44. The van der Waals surface area contributed by atoms with Crippen LogP contribution in [0.15, 0.2) is 59.8 Å². The lowest BCUT2D eigenvalue weighted by Gasteiger charge is -2.33. The lowest BCUT2D eigenvalue weighted by Crippen LogP contribution is -2.41. The van der Waals surface area contributed by atoms with Gasteiger partial charge in [0.15, 0.2) is 5.82 Å². The highest BCUT2D eigenvalue weighted by molar-refractivity contribution is 8.00. The molecule has 0 unspecified atom stereocenters. The molecule has 1 aromatic heterocycles. The van der Waals surface area contributed by atoms with Crippen LogP contribution in [0.1, 0.15) is 37.7 Å². The van der Waals surface area contributed by atoms with E-state index >= 15 is 0 Å². The zero-order chi connectivity index (χ0) is 20.9. The second kappa shape index (κ2) is 9.21. The molecule has 7 nitrogen and oxygen atoms in total. The maximum absolute atomic E-state index is 13.2. The molecule has 0 bridgehead atoms. The Morgan fingerprint density at radius 1 is 1.13 bits per heavy atom. The molecule has 2 atom stereocenters. The Hall–Kier alpha value is -3.00. The minimum atomic E-state index is -0.398. The summed E-state index contributed by atoms with van der Waals surface area (Å²) in [5.74, 6) is 1.58. The van der Waals surface area contributed by atoms with Crippen molar-refractivity contribution in [2.24, 2.45) is 0 Å². The van der Waals surface area contributed by atoms with E-state index in [-0.39, 0.29) is 11.9 Å². The van der Waals surface area contributed by atoms with Crippen molar-refractivity contribution in [3.8, 4) is 5.75 Å². The summed E-state index contributed by atoms with van der Waals surface area (Å²) in [5, 5.41) is 11.9. The number of carbonyl (C=O) groups excluding carboxylic acids is 1. The van der Waals surface area contributed by atoms with Gasteiger partial charge in [-0.2, -0.15) is 0 Å². The second-order valence-corrected chi connectivity index (χ2v) is 8.10. The van der Waals surface area contributed by atoms with E-state index < -0.39 is 5.25 Å². The molecule has 30 heavy (non-hydrogen) atoms. The highest BCUT2D eigenvalue weighted by Gasteiger charge is 2.37. The number of ether oxygens (including phenoxy) is 1. The minimum Gasteiger partial charge on any atom is -0.494 e. The fraction of sp³-hybridized carbons (Fsp3) is 0.318. The molecule has 0 spiro atoms. The van der Waals surface area contributed by atoms with Gasteiger partial charge in [-0.15, -0.1) is 10.2 Å². The highest BCUT2D eigenvalue weighted by Crippen LogP contribution is 2.37. The number of nitrogens with one attached hydrogen (secondary N) is 2. The van der Waals surface area contributed by atoms with Gasteiger partial charge in [0.1, 0.15) is 11.0 Å². The number of nitrogens with zero attached hydrogens (tertiary/aromatic N) is 3. The van der Waals surface area contributed by atoms with Gasteiger partial charge in [-0.1, -0.05) is 49.0 Å². The van der Waals surface area contributed by atoms with Crippen LogP contribution in [-0.2, 0) is 11.2 Å². The Labute approximate surface area is 180 Å².